The first-order valence-electron chi connectivity index (χ1n) is 7.76. The standard InChI is InChI=1S/C18H28N2/c1-14(2)9-10-20-13-17(11-15(3)4)19-12-16-7-5-6-8-18(16)20/h5-9,15,17,19H,10-13H2,1-4H3. The van der Waals surface area contributed by atoms with Crippen LogP contribution in [0.15, 0.2) is 35.9 Å². The van der Waals surface area contributed by atoms with Crippen LogP contribution >= 0.6 is 0 Å². The SMILES string of the molecule is CC(C)=CCN1CC(CC(C)C)NCc2ccccc21. The van der Waals surface area contributed by atoms with Crippen LogP contribution < -0.4 is 10.2 Å². The summed E-state index contributed by atoms with van der Waals surface area (Å²) in [6.45, 7) is 12.1. The summed E-state index contributed by atoms with van der Waals surface area (Å²) in [4.78, 5) is 2.52. The first-order chi connectivity index (χ1) is 9.56. The molecule has 1 N–H and O–H groups in total. The van der Waals surface area contributed by atoms with Gasteiger partial charge in [-0.2, -0.15) is 0 Å². The number of hydrogen-bond donors (Lipinski definition) is 1. The van der Waals surface area contributed by atoms with Crippen LogP contribution in [0.25, 0.3) is 0 Å². The summed E-state index contributed by atoms with van der Waals surface area (Å²) in [7, 11) is 0. The fraction of sp³-hybridized carbons (Fsp3) is 0.556. The van der Waals surface area contributed by atoms with Gasteiger partial charge in [-0.3, -0.25) is 0 Å². The Morgan fingerprint density at radius 2 is 2.10 bits per heavy atom. The summed E-state index contributed by atoms with van der Waals surface area (Å²) < 4.78 is 0. The molecule has 2 heteroatoms. The zero-order chi connectivity index (χ0) is 14.5. The number of rotatable bonds is 4. The van der Waals surface area contributed by atoms with Gasteiger partial charge in [0.1, 0.15) is 0 Å². The lowest BCUT2D eigenvalue weighted by Crippen LogP contribution is -2.39. The van der Waals surface area contributed by atoms with Crippen LogP contribution in [-0.2, 0) is 6.54 Å². The zero-order valence-electron chi connectivity index (χ0n) is 13.3. The van der Waals surface area contributed by atoms with Gasteiger partial charge in [-0.1, -0.05) is 43.7 Å². The lowest BCUT2D eigenvalue weighted by atomic mass is 10.0. The van der Waals surface area contributed by atoms with E-state index in [-0.39, 0.29) is 0 Å². The highest BCUT2D eigenvalue weighted by Gasteiger charge is 2.21. The van der Waals surface area contributed by atoms with E-state index in [0.29, 0.717) is 6.04 Å². The van der Waals surface area contributed by atoms with Crippen molar-refractivity contribution in [3.63, 3.8) is 0 Å². The first-order valence-corrected chi connectivity index (χ1v) is 7.76. The third-order valence-electron chi connectivity index (χ3n) is 3.83. The molecule has 1 atom stereocenters. The molecule has 1 aromatic rings. The van der Waals surface area contributed by atoms with E-state index in [0.717, 1.165) is 25.6 Å². The van der Waals surface area contributed by atoms with E-state index in [2.05, 4.69) is 68.3 Å². The molecule has 1 aliphatic heterocycles. The number of benzene rings is 1. The Morgan fingerprint density at radius 1 is 1.35 bits per heavy atom. The molecule has 0 spiro atoms. The molecule has 2 nitrogen and oxygen atoms in total. The number of nitrogens with one attached hydrogen (secondary N) is 1. The van der Waals surface area contributed by atoms with Crippen molar-refractivity contribution < 1.29 is 0 Å². The highest BCUT2D eigenvalue weighted by Crippen LogP contribution is 2.24. The molecule has 0 bridgehead atoms. The van der Waals surface area contributed by atoms with Crippen molar-refractivity contribution in [3.05, 3.63) is 41.5 Å². The van der Waals surface area contributed by atoms with Crippen LogP contribution in [0.2, 0.25) is 0 Å². The smallest absolute Gasteiger partial charge is 0.0415 e. The summed E-state index contributed by atoms with van der Waals surface area (Å²) in [6.07, 6.45) is 3.56. The van der Waals surface area contributed by atoms with Crippen LogP contribution in [0.1, 0.15) is 39.7 Å². The van der Waals surface area contributed by atoms with E-state index in [1.165, 1.54) is 23.2 Å². The van der Waals surface area contributed by atoms with Gasteiger partial charge in [0.05, 0.1) is 0 Å². The Balaban J connectivity index is 2.20. The number of allylic oxidation sites excluding steroid dienone is 1. The lowest BCUT2D eigenvalue weighted by molar-refractivity contribution is 0.424. The highest BCUT2D eigenvalue weighted by molar-refractivity contribution is 5.55. The van der Waals surface area contributed by atoms with Gasteiger partial charge in [0, 0.05) is 31.4 Å². The van der Waals surface area contributed by atoms with E-state index in [1.54, 1.807) is 0 Å². The van der Waals surface area contributed by atoms with E-state index < -0.39 is 0 Å². The number of hydrogen-bond acceptors (Lipinski definition) is 2. The van der Waals surface area contributed by atoms with Crippen LogP contribution in [-0.4, -0.2) is 19.1 Å². The number of nitrogens with zero attached hydrogens (tertiary/aromatic N) is 1. The molecule has 0 radical (unpaired) electrons. The van der Waals surface area contributed by atoms with Gasteiger partial charge in [0.2, 0.25) is 0 Å². The minimum atomic E-state index is 0.577. The molecule has 20 heavy (non-hydrogen) atoms. The second kappa shape index (κ2) is 6.94. The maximum Gasteiger partial charge on any atom is 0.0415 e. The van der Waals surface area contributed by atoms with Crippen molar-refractivity contribution in [1.29, 1.82) is 0 Å². The van der Waals surface area contributed by atoms with Gasteiger partial charge in [0.25, 0.3) is 0 Å². The number of para-hydroxylation sites is 1. The van der Waals surface area contributed by atoms with Crippen LogP contribution in [0, 0.1) is 5.92 Å². The molecular formula is C18H28N2. The van der Waals surface area contributed by atoms with Crippen LogP contribution in [0.5, 0.6) is 0 Å². The molecule has 1 heterocycles. The van der Waals surface area contributed by atoms with Gasteiger partial charge in [-0.15, -0.1) is 0 Å². The average molecular weight is 272 g/mol. The zero-order valence-corrected chi connectivity index (χ0v) is 13.3. The molecule has 0 saturated heterocycles. The molecule has 0 aromatic heterocycles. The molecule has 0 amide bonds. The van der Waals surface area contributed by atoms with Crippen molar-refractivity contribution >= 4 is 5.69 Å². The monoisotopic (exact) mass is 272 g/mol. The number of fused-ring (bicyclic) bond motifs is 1. The second-order valence-corrected chi connectivity index (χ2v) is 6.52. The van der Waals surface area contributed by atoms with Crippen molar-refractivity contribution in [2.75, 3.05) is 18.0 Å². The predicted molar refractivity (Wildman–Crippen MR) is 88.2 cm³/mol. The summed E-state index contributed by atoms with van der Waals surface area (Å²) >= 11 is 0. The molecule has 0 saturated carbocycles. The molecule has 1 aliphatic rings. The highest BCUT2D eigenvalue weighted by atomic mass is 15.2. The Bertz CT molecular complexity index is 458. The summed E-state index contributed by atoms with van der Waals surface area (Å²) in [5, 5.41) is 3.72. The fourth-order valence-electron chi connectivity index (χ4n) is 2.84. The summed E-state index contributed by atoms with van der Waals surface area (Å²) in [5.41, 5.74) is 4.20. The third kappa shape index (κ3) is 4.11. The van der Waals surface area contributed by atoms with E-state index >= 15 is 0 Å². The van der Waals surface area contributed by atoms with Gasteiger partial charge in [-0.25, -0.2) is 0 Å². The molecule has 1 aromatic carbocycles. The first kappa shape index (κ1) is 15.1. The minimum absolute atomic E-state index is 0.577. The molecule has 0 aliphatic carbocycles. The van der Waals surface area contributed by atoms with Crippen molar-refractivity contribution in [2.24, 2.45) is 5.92 Å². The van der Waals surface area contributed by atoms with E-state index in [4.69, 9.17) is 0 Å². The molecular weight excluding hydrogens is 244 g/mol. The third-order valence-corrected chi connectivity index (χ3v) is 3.83. The normalized spacial score (nSPS) is 18.6. The Morgan fingerprint density at radius 3 is 2.80 bits per heavy atom. The second-order valence-electron chi connectivity index (χ2n) is 6.52. The van der Waals surface area contributed by atoms with Gasteiger partial charge >= 0.3 is 0 Å². The minimum Gasteiger partial charge on any atom is -0.366 e. The predicted octanol–water partition coefficient (Wildman–Crippen LogP) is 3.98. The van der Waals surface area contributed by atoms with E-state index in [1.807, 2.05) is 0 Å². The maximum absolute atomic E-state index is 3.72. The van der Waals surface area contributed by atoms with Gasteiger partial charge in [-0.05, 0) is 37.8 Å². The summed E-state index contributed by atoms with van der Waals surface area (Å²) in [6, 6.07) is 9.37. The maximum atomic E-state index is 3.72. The fourth-order valence-corrected chi connectivity index (χ4v) is 2.84. The van der Waals surface area contributed by atoms with Crippen molar-refractivity contribution in [2.45, 2.75) is 46.7 Å². The van der Waals surface area contributed by atoms with Crippen molar-refractivity contribution in [3.8, 4) is 0 Å². The Kier molecular flexibility index (Phi) is 5.24. The van der Waals surface area contributed by atoms with Crippen LogP contribution in [0.4, 0.5) is 5.69 Å². The Hall–Kier alpha value is -1.28. The quantitative estimate of drug-likeness (QED) is 0.834. The molecule has 1 unspecified atom stereocenters. The molecule has 2 rings (SSSR count). The molecule has 110 valence electrons. The van der Waals surface area contributed by atoms with Gasteiger partial charge < -0.3 is 10.2 Å². The summed E-state index contributed by atoms with van der Waals surface area (Å²) in [5.74, 6) is 0.735. The number of anilines is 1. The van der Waals surface area contributed by atoms with Gasteiger partial charge in [0.15, 0.2) is 0 Å². The largest absolute Gasteiger partial charge is 0.366 e. The topological polar surface area (TPSA) is 15.3 Å². The van der Waals surface area contributed by atoms with Crippen LogP contribution in [0.3, 0.4) is 0 Å². The Labute approximate surface area is 123 Å². The van der Waals surface area contributed by atoms with Crippen molar-refractivity contribution in [1.82, 2.24) is 5.32 Å². The molecule has 0 fully saturated rings. The van der Waals surface area contributed by atoms with E-state index in [9.17, 15) is 0 Å². The lowest BCUT2D eigenvalue weighted by Gasteiger charge is -2.27. The average Bonchev–Trinajstić information content (AvgIpc) is 2.56.